The van der Waals surface area contributed by atoms with Gasteiger partial charge < -0.3 is 14.9 Å². The highest BCUT2D eigenvalue weighted by molar-refractivity contribution is 5.70. The van der Waals surface area contributed by atoms with Crippen LogP contribution in [0.5, 0.6) is 0 Å². The number of hydrogen-bond donors (Lipinski definition) is 2. The quantitative estimate of drug-likeness (QED) is 0.404. The minimum absolute atomic E-state index is 0.0398. The van der Waals surface area contributed by atoms with E-state index < -0.39 is 12.2 Å². The molecular weight excluding hydrogens is 304 g/mol. The molecule has 1 aliphatic heterocycles. The summed E-state index contributed by atoms with van der Waals surface area (Å²) in [5.74, 6) is -0.173. The fourth-order valence-electron chi connectivity index (χ4n) is 3.71. The summed E-state index contributed by atoms with van der Waals surface area (Å²) in [6.45, 7) is 2.19. The van der Waals surface area contributed by atoms with Crippen LogP contribution in [0.15, 0.2) is 24.3 Å². The Hall–Kier alpha value is -1.13. The maximum Gasteiger partial charge on any atom is 0.306 e. The normalized spacial score (nSPS) is 34.3. The maximum atomic E-state index is 11.3. The van der Waals surface area contributed by atoms with Crippen molar-refractivity contribution < 1.29 is 19.7 Å². The van der Waals surface area contributed by atoms with Crippen molar-refractivity contribution in [3.05, 3.63) is 24.3 Å². The number of esters is 1. The van der Waals surface area contributed by atoms with Gasteiger partial charge in [-0.25, -0.2) is 0 Å². The van der Waals surface area contributed by atoms with Crippen molar-refractivity contribution in [3.63, 3.8) is 0 Å². The van der Waals surface area contributed by atoms with Gasteiger partial charge in [0, 0.05) is 18.8 Å². The third-order valence-electron chi connectivity index (χ3n) is 5.17. The first kappa shape index (κ1) is 19.2. The highest BCUT2D eigenvalue weighted by atomic mass is 16.5. The zero-order valence-corrected chi connectivity index (χ0v) is 14.8. The lowest BCUT2D eigenvalue weighted by molar-refractivity contribution is -0.150. The molecule has 2 aliphatic rings. The van der Waals surface area contributed by atoms with E-state index in [2.05, 4.69) is 19.1 Å². The molecule has 0 spiro atoms. The molecule has 5 atom stereocenters. The van der Waals surface area contributed by atoms with E-state index in [0.717, 1.165) is 25.7 Å². The molecule has 1 heterocycles. The van der Waals surface area contributed by atoms with Gasteiger partial charge in [-0.05, 0) is 44.1 Å². The van der Waals surface area contributed by atoms with Gasteiger partial charge in [0.15, 0.2) is 0 Å². The van der Waals surface area contributed by atoms with Gasteiger partial charge in [-0.1, -0.05) is 38.0 Å². The lowest BCUT2D eigenvalue weighted by atomic mass is 9.89. The van der Waals surface area contributed by atoms with E-state index in [1.54, 1.807) is 0 Å². The summed E-state index contributed by atoms with van der Waals surface area (Å²) >= 11 is 0. The molecular formula is C20H32O4. The van der Waals surface area contributed by atoms with Crippen molar-refractivity contribution in [1.82, 2.24) is 0 Å². The van der Waals surface area contributed by atoms with Gasteiger partial charge in [-0.3, -0.25) is 4.79 Å². The summed E-state index contributed by atoms with van der Waals surface area (Å²) in [4.78, 5) is 11.3. The Labute approximate surface area is 145 Å². The minimum atomic E-state index is -0.519. The molecule has 4 nitrogen and oxygen atoms in total. The van der Waals surface area contributed by atoms with E-state index in [1.165, 1.54) is 19.3 Å². The number of aliphatic hydroxyl groups excluding tert-OH is 2. The van der Waals surface area contributed by atoms with Gasteiger partial charge in [-0.2, -0.15) is 0 Å². The van der Waals surface area contributed by atoms with E-state index in [-0.39, 0.29) is 23.9 Å². The number of aliphatic hydroxyl groups is 2. The fourth-order valence-corrected chi connectivity index (χ4v) is 3.71. The monoisotopic (exact) mass is 336 g/mol. The molecule has 1 saturated carbocycles. The van der Waals surface area contributed by atoms with Crippen molar-refractivity contribution in [2.45, 2.75) is 83.0 Å². The predicted molar refractivity (Wildman–Crippen MR) is 94.4 cm³/mol. The predicted octanol–water partition coefficient (Wildman–Crippen LogP) is 3.52. The number of cyclic esters (lactones) is 1. The molecule has 0 radical (unpaired) electrons. The van der Waals surface area contributed by atoms with Crippen LogP contribution in [0.1, 0.15) is 64.7 Å². The number of unbranched alkanes of at least 4 members (excludes halogenated alkanes) is 3. The van der Waals surface area contributed by atoms with Gasteiger partial charge in [0.25, 0.3) is 0 Å². The van der Waals surface area contributed by atoms with Crippen molar-refractivity contribution in [2.24, 2.45) is 11.8 Å². The third kappa shape index (κ3) is 5.75. The van der Waals surface area contributed by atoms with Crippen molar-refractivity contribution in [2.75, 3.05) is 0 Å². The second-order valence-electron chi connectivity index (χ2n) is 7.12. The van der Waals surface area contributed by atoms with Crippen LogP contribution in [0, 0.1) is 11.8 Å². The summed E-state index contributed by atoms with van der Waals surface area (Å²) in [5.41, 5.74) is 0. The number of allylic oxidation sites excluding steroid dienone is 2. The Morgan fingerprint density at radius 2 is 2.00 bits per heavy atom. The van der Waals surface area contributed by atoms with Crippen LogP contribution in [0.2, 0.25) is 0 Å². The smallest absolute Gasteiger partial charge is 0.306 e. The second-order valence-corrected chi connectivity index (χ2v) is 7.12. The molecule has 0 bridgehead atoms. The largest absolute Gasteiger partial charge is 0.458 e. The van der Waals surface area contributed by atoms with E-state index in [9.17, 15) is 15.0 Å². The number of carbonyl (C=O) groups is 1. The van der Waals surface area contributed by atoms with Gasteiger partial charge >= 0.3 is 5.97 Å². The number of ether oxygens (including phenoxy) is 1. The van der Waals surface area contributed by atoms with Crippen LogP contribution < -0.4 is 0 Å². The summed E-state index contributed by atoms with van der Waals surface area (Å²) in [5, 5.41) is 20.5. The molecule has 0 unspecified atom stereocenters. The topological polar surface area (TPSA) is 66.8 Å². The summed E-state index contributed by atoms with van der Waals surface area (Å²) < 4.78 is 5.30. The van der Waals surface area contributed by atoms with Crippen molar-refractivity contribution in [3.8, 4) is 0 Å². The number of rotatable bonds is 8. The molecule has 1 saturated heterocycles. The third-order valence-corrected chi connectivity index (χ3v) is 5.17. The molecule has 0 aromatic rings. The SMILES string of the molecule is CCCCC/C=C\C[C@@H]1[C@@H](/C=C/[C@H]2CCCC(=O)O2)[C@H](O)C[C@@H]1O. The average molecular weight is 336 g/mol. The lowest BCUT2D eigenvalue weighted by Crippen LogP contribution is -2.23. The van der Waals surface area contributed by atoms with Gasteiger partial charge in [0.05, 0.1) is 12.2 Å². The second kappa shape index (κ2) is 10.00. The summed E-state index contributed by atoms with van der Waals surface area (Å²) in [6, 6.07) is 0. The first-order valence-electron chi connectivity index (χ1n) is 9.50. The first-order chi connectivity index (χ1) is 11.6. The van der Waals surface area contributed by atoms with Crippen LogP contribution in [0.25, 0.3) is 0 Å². The summed E-state index contributed by atoms with van der Waals surface area (Å²) in [7, 11) is 0. The molecule has 24 heavy (non-hydrogen) atoms. The Kier molecular flexibility index (Phi) is 8.00. The molecule has 136 valence electrons. The molecule has 0 aromatic heterocycles. The van der Waals surface area contributed by atoms with Crippen LogP contribution in [0.4, 0.5) is 0 Å². The van der Waals surface area contributed by atoms with Crippen molar-refractivity contribution in [1.29, 1.82) is 0 Å². The standard InChI is InChI=1S/C20H32O4/c1-2-3-4-5-6-7-10-16-17(19(22)14-18(16)21)13-12-15-9-8-11-20(23)24-15/h6-7,12-13,15-19,21-22H,2-5,8-11,14H2,1H3/b7-6-,13-12+/t15-,16-,17-,18+,19-/m1/s1. The molecule has 2 fully saturated rings. The van der Waals surface area contributed by atoms with E-state index >= 15 is 0 Å². The zero-order valence-electron chi connectivity index (χ0n) is 14.8. The Morgan fingerprint density at radius 1 is 1.17 bits per heavy atom. The summed E-state index contributed by atoms with van der Waals surface area (Å²) in [6.07, 6.45) is 15.2. The Balaban J connectivity index is 1.86. The maximum absolute atomic E-state index is 11.3. The van der Waals surface area contributed by atoms with E-state index in [4.69, 9.17) is 4.74 Å². The van der Waals surface area contributed by atoms with E-state index in [1.807, 2.05) is 12.2 Å². The van der Waals surface area contributed by atoms with Crippen LogP contribution in [-0.4, -0.2) is 34.5 Å². The highest BCUT2D eigenvalue weighted by Crippen LogP contribution is 2.36. The van der Waals surface area contributed by atoms with Gasteiger partial charge in [-0.15, -0.1) is 0 Å². The van der Waals surface area contributed by atoms with E-state index in [0.29, 0.717) is 12.8 Å². The number of hydrogen-bond acceptors (Lipinski definition) is 4. The molecule has 0 amide bonds. The minimum Gasteiger partial charge on any atom is -0.458 e. The van der Waals surface area contributed by atoms with Crippen molar-refractivity contribution >= 4 is 5.97 Å². The highest BCUT2D eigenvalue weighted by Gasteiger charge is 2.39. The fraction of sp³-hybridized carbons (Fsp3) is 0.750. The molecule has 1 aliphatic carbocycles. The first-order valence-corrected chi connectivity index (χ1v) is 9.50. The van der Waals surface area contributed by atoms with Crippen LogP contribution in [0.3, 0.4) is 0 Å². The Morgan fingerprint density at radius 3 is 2.75 bits per heavy atom. The Bertz CT molecular complexity index is 443. The zero-order chi connectivity index (χ0) is 17.4. The molecule has 2 N–H and O–H groups in total. The average Bonchev–Trinajstić information content (AvgIpc) is 2.82. The molecule has 4 heteroatoms. The van der Waals surface area contributed by atoms with Gasteiger partial charge in [0.2, 0.25) is 0 Å². The molecule has 0 aromatic carbocycles. The van der Waals surface area contributed by atoms with Gasteiger partial charge in [0.1, 0.15) is 6.10 Å². The number of carbonyl (C=O) groups excluding carboxylic acids is 1. The lowest BCUT2D eigenvalue weighted by Gasteiger charge is -2.22. The van der Waals surface area contributed by atoms with Crippen LogP contribution in [-0.2, 0) is 9.53 Å². The molecule has 2 rings (SSSR count). The van der Waals surface area contributed by atoms with Crippen LogP contribution >= 0.6 is 0 Å².